The minimum atomic E-state index is -0.991. The average molecular weight is 459 g/mol. The molecule has 0 amide bonds. The number of benzene rings is 2. The number of aliphatic carboxylic acids is 1. The topological polar surface area (TPSA) is 88.2 Å². The third-order valence-electron chi connectivity index (χ3n) is 3.10. The largest absolute Gasteiger partial charge is 0.481 e. The first kappa shape index (κ1) is 18.0. The van der Waals surface area contributed by atoms with Gasteiger partial charge in [-0.25, -0.2) is 0 Å². The van der Waals surface area contributed by atoms with E-state index in [2.05, 4.69) is 31.9 Å². The number of amidine groups is 2. The molecule has 120 valence electrons. The molecule has 23 heavy (non-hydrogen) atoms. The molecule has 0 aromatic heterocycles. The number of carboxylic acid groups (broad SMARTS) is 1. The summed E-state index contributed by atoms with van der Waals surface area (Å²) in [5, 5.41) is 26.6. The molecule has 0 aliphatic rings. The first-order valence-corrected chi connectivity index (χ1v) is 9.08. The number of carbonyl (C=O) groups is 1. The SMILES string of the molecule is N=C(Br)N(Cc1ccc(Br)c2ccccc12)C(=N)SCC(=O)O. The van der Waals surface area contributed by atoms with Crippen LogP contribution in [0.2, 0.25) is 0 Å². The van der Waals surface area contributed by atoms with Crippen molar-refractivity contribution in [3.63, 3.8) is 0 Å². The normalized spacial score (nSPS) is 10.5. The molecule has 0 radical (unpaired) electrons. The first-order chi connectivity index (χ1) is 10.9. The molecule has 0 atom stereocenters. The maximum absolute atomic E-state index is 10.7. The number of hydrogen-bond acceptors (Lipinski definition) is 4. The number of carboxylic acids is 1. The van der Waals surface area contributed by atoms with Crippen molar-refractivity contribution in [2.24, 2.45) is 0 Å². The summed E-state index contributed by atoms with van der Waals surface area (Å²) in [5.41, 5.74) is 0.952. The summed E-state index contributed by atoms with van der Waals surface area (Å²) in [5.74, 6) is -1.20. The molecule has 0 spiro atoms. The molecule has 2 aromatic rings. The highest BCUT2D eigenvalue weighted by Crippen LogP contribution is 2.28. The van der Waals surface area contributed by atoms with Gasteiger partial charge in [0.05, 0.1) is 12.3 Å². The second kappa shape index (κ2) is 7.94. The number of rotatable bonds is 4. The minimum Gasteiger partial charge on any atom is -0.481 e. The highest BCUT2D eigenvalue weighted by atomic mass is 79.9. The van der Waals surface area contributed by atoms with Crippen molar-refractivity contribution in [2.45, 2.75) is 6.54 Å². The maximum Gasteiger partial charge on any atom is 0.313 e. The lowest BCUT2D eigenvalue weighted by Crippen LogP contribution is -2.31. The van der Waals surface area contributed by atoms with Gasteiger partial charge in [0, 0.05) is 4.47 Å². The van der Waals surface area contributed by atoms with Crippen LogP contribution in [0, 0.1) is 10.8 Å². The smallest absolute Gasteiger partial charge is 0.313 e. The van der Waals surface area contributed by atoms with Crippen LogP contribution in [0.1, 0.15) is 5.56 Å². The lowest BCUT2D eigenvalue weighted by molar-refractivity contribution is -0.133. The third kappa shape index (κ3) is 4.55. The average Bonchev–Trinajstić information content (AvgIpc) is 2.52. The Hall–Kier alpha value is -1.38. The van der Waals surface area contributed by atoms with Gasteiger partial charge >= 0.3 is 5.97 Å². The van der Waals surface area contributed by atoms with Crippen molar-refractivity contribution in [3.8, 4) is 0 Å². The van der Waals surface area contributed by atoms with Gasteiger partial charge in [-0.15, -0.1) is 0 Å². The highest BCUT2D eigenvalue weighted by molar-refractivity contribution is 9.18. The van der Waals surface area contributed by atoms with Crippen LogP contribution in [0.15, 0.2) is 40.9 Å². The number of thioether (sulfide) groups is 1. The molecular formula is C15H13Br2N3O2S. The number of nitrogens with one attached hydrogen (secondary N) is 2. The molecule has 0 saturated heterocycles. The number of fused-ring (bicyclic) bond motifs is 1. The van der Waals surface area contributed by atoms with Crippen molar-refractivity contribution in [2.75, 3.05) is 5.75 Å². The van der Waals surface area contributed by atoms with Crippen molar-refractivity contribution in [1.29, 1.82) is 10.8 Å². The van der Waals surface area contributed by atoms with Crippen LogP contribution in [0.3, 0.4) is 0 Å². The van der Waals surface area contributed by atoms with E-state index in [1.807, 2.05) is 36.4 Å². The number of nitrogens with zero attached hydrogens (tertiary/aromatic N) is 1. The highest BCUT2D eigenvalue weighted by Gasteiger charge is 2.17. The fourth-order valence-corrected chi connectivity index (χ4v) is 3.54. The summed E-state index contributed by atoms with van der Waals surface area (Å²) in [7, 11) is 0. The second-order valence-electron chi connectivity index (χ2n) is 4.62. The molecule has 0 aliphatic carbocycles. The van der Waals surface area contributed by atoms with E-state index in [1.54, 1.807) is 0 Å². The third-order valence-corrected chi connectivity index (χ3v) is 5.11. The molecule has 2 rings (SSSR count). The summed E-state index contributed by atoms with van der Waals surface area (Å²) < 4.78 is 1.00. The van der Waals surface area contributed by atoms with E-state index in [4.69, 9.17) is 15.9 Å². The van der Waals surface area contributed by atoms with Crippen LogP contribution >= 0.6 is 43.6 Å². The van der Waals surface area contributed by atoms with Crippen molar-refractivity contribution in [1.82, 2.24) is 4.90 Å². The molecule has 0 heterocycles. The van der Waals surface area contributed by atoms with Crippen LogP contribution < -0.4 is 0 Å². The summed E-state index contributed by atoms with van der Waals surface area (Å²) in [6, 6.07) is 11.7. The van der Waals surface area contributed by atoms with Gasteiger partial charge in [0.1, 0.15) is 0 Å². The van der Waals surface area contributed by atoms with E-state index in [9.17, 15) is 4.79 Å². The molecule has 0 aliphatic heterocycles. The Morgan fingerprint density at radius 3 is 2.43 bits per heavy atom. The summed E-state index contributed by atoms with van der Waals surface area (Å²) in [6.07, 6.45) is 0. The Morgan fingerprint density at radius 2 is 1.83 bits per heavy atom. The summed E-state index contributed by atoms with van der Waals surface area (Å²) in [4.78, 5) is 12.1. The van der Waals surface area contributed by atoms with E-state index in [0.717, 1.165) is 32.6 Å². The molecule has 2 aromatic carbocycles. The minimum absolute atomic E-state index is 0.0151. The van der Waals surface area contributed by atoms with Crippen LogP contribution in [-0.4, -0.2) is 31.6 Å². The molecule has 8 heteroatoms. The van der Waals surface area contributed by atoms with Crippen LogP contribution in [-0.2, 0) is 11.3 Å². The van der Waals surface area contributed by atoms with Gasteiger partial charge in [0.25, 0.3) is 0 Å². The molecule has 0 fully saturated rings. The van der Waals surface area contributed by atoms with Crippen molar-refractivity contribution < 1.29 is 9.90 Å². The van der Waals surface area contributed by atoms with E-state index < -0.39 is 5.97 Å². The lowest BCUT2D eigenvalue weighted by Gasteiger charge is -2.22. The summed E-state index contributed by atoms with van der Waals surface area (Å²) >= 11 is 7.48. The van der Waals surface area contributed by atoms with Gasteiger partial charge < -0.3 is 5.11 Å². The molecule has 0 saturated carbocycles. The maximum atomic E-state index is 10.7. The summed E-state index contributed by atoms with van der Waals surface area (Å²) in [6.45, 7) is 0.309. The van der Waals surface area contributed by atoms with Crippen molar-refractivity contribution in [3.05, 3.63) is 46.4 Å². The Balaban J connectivity index is 2.31. The number of hydrogen-bond donors (Lipinski definition) is 3. The van der Waals surface area contributed by atoms with Crippen molar-refractivity contribution >= 4 is 70.3 Å². The Kier molecular flexibility index (Phi) is 6.20. The second-order valence-corrected chi connectivity index (χ2v) is 7.19. The van der Waals surface area contributed by atoms with E-state index in [1.165, 1.54) is 4.90 Å². The first-order valence-electron chi connectivity index (χ1n) is 6.51. The van der Waals surface area contributed by atoms with Gasteiger partial charge in [-0.1, -0.05) is 58.0 Å². The molecule has 3 N–H and O–H groups in total. The standard InChI is InChI=1S/C15H13Br2N3O2S/c16-12-6-5-9(10-3-1-2-4-11(10)12)7-20(14(17)18)15(19)23-8-13(21)22/h1-6,18-19H,7-8H2,(H,21,22). The monoisotopic (exact) mass is 457 g/mol. The number of halogens is 2. The molecular weight excluding hydrogens is 446 g/mol. The van der Waals surface area contributed by atoms with Crippen LogP contribution in [0.4, 0.5) is 0 Å². The van der Waals surface area contributed by atoms with Gasteiger partial charge in [-0.05, 0) is 38.3 Å². The van der Waals surface area contributed by atoms with Crippen LogP contribution in [0.5, 0.6) is 0 Å². The fraction of sp³-hybridized carbons (Fsp3) is 0.133. The Bertz CT molecular complexity index is 782. The van der Waals surface area contributed by atoms with Crippen LogP contribution in [0.25, 0.3) is 10.8 Å². The van der Waals surface area contributed by atoms with E-state index in [0.29, 0.717) is 6.54 Å². The molecule has 0 unspecified atom stereocenters. The zero-order chi connectivity index (χ0) is 17.0. The van der Waals surface area contributed by atoms with E-state index >= 15 is 0 Å². The lowest BCUT2D eigenvalue weighted by atomic mass is 10.0. The van der Waals surface area contributed by atoms with Gasteiger partial charge in [-0.2, -0.15) is 0 Å². The molecule has 5 nitrogen and oxygen atoms in total. The predicted molar refractivity (Wildman–Crippen MR) is 102 cm³/mol. The van der Waals surface area contributed by atoms with Gasteiger partial charge in [0.15, 0.2) is 9.91 Å². The van der Waals surface area contributed by atoms with Gasteiger partial charge in [-0.3, -0.25) is 20.5 Å². The Morgan fingerprint density at radius 1 is 1.17 bits per heavy atom. The quantitative estimate of drug-likeness (QED) is 0.358. The Labute approximate surface area is 154 Å². The molecule has 0 bridgehead atoms. The van der Waals surface area contributed by atoms with E-state index in [-0.39, 0.29) is 15.7 Å². The zero-order valence-electron chi connectivity index (χ0n) is 11.8. The zero-order valence-corrected chi connectivity index (χ0v) is 15.8. The fourth-order valence-electron chi connectivity index (χ4n) is 2.07. The van der Waals surface area contributed by atoms with Gasteiger partial charge in [0.2, 0.25) is 0 Å². The predicted octanol–water partition coefficient (Wildman–Crippen LogP) is 4.49.